The first-order valence-corrected chi connectivity index (χ1v) is 7.19. The molecule has 98 valence electrons. The molecule has 4 heteroatoms. The molecule has 0 bridgehead atoms. The fraction of sp³-hybridized carbons (Fsp3) is 0.500. The van der Waals surface area contributed by atoms with Crippen LogP contribution in [0, 0.1) is 6.92 Å². The number of carbonyl (C=O) groups excluding carboxylic acids is 1. The largest absolute Gasteiger partial charge is 0.336 e. The summed E-state index contributed by atoms with van der Waals surface area (Å²) in [5.74, 6) is 0.157. The van der Waals surface area contributed by atoms with Gasteiger partial charge in [0, 0.05) is 36.2 Å². The van der Waals surface area contributed by atoms with E-state index in [1.807, 2.05) is 30.0 Å². The monoisotopic (exact) mass is 310 g/mol. The third-order valence-corrected chi connectivity index (χ3v) is 4.03. The third kappa shape index (κ3) is 2.93. The van der Waals surface area contributed by atoms with Crippen LogP contribution in [0.4, 0.5) is 0 Å². The molecule has 1 aliphatic heterocycles. The van der Waals surface area contributed by atoms with Crippen LogP contribution < -0.4 is 0 Å². The molecule has 1 aromatic rings. The van der Waals surface area contributed by atoms with Crippen molar-refractivity contribution in [2.24, 2.45) is 0 Å². The van der Waals surface area contributed by atoms with Crippen molar-refractivity contribution in [3.8, 4) is 0 Å². The van der Waals surface area contributed by atoms with Crippen LogP contribution in [-0.2, 0) is 0 Å². The van der Waals surface area contributed by atoms with E-state index in [9.17, 15) is 4.79 Å². The van der Waals surface area contributed by atoms with Gasteiger partial charge in [-0.25, -0.2) is 0 Å². The Morgan fingerprint density at radius 3 is 2.56 bits per heavy atom. The Hall–Kier alpha value is -0.870. The Morgan fingerprint density at radius 1 is 1.28 bits per heavy atom. The molecule has 0 atom stereocenters. The van der Waals surface area contributed by atoms with Crippen LogP contribution in [0.3, 0.4) is 0 Å². The molecule has 0 aromatic heterocycles. The van der Waals surface area contributed by atoms with Gasteiger partial charge in [-0.05, 0) is 31.2 Å². The number of piperazine rings is 1. The van der Waals surface area contributed by atoms with Gasteiger partial charge < -0.3 is 9.80 Å². The predicted octanol–water partition coefficient (Wildman–Crippen LogP) is 2.54. The van der Waals surface area contributed by atoms with Gasteiger partial charge in [0.2, 0.25) is 0 Å². The fourth-order valence-corrected chi connectivity index (χ4v) is 2.62. The normalized spacial score (nSPS) is 16.9. The van der Waals surface area contributed by atoms with Crippen molar-refractivity contribution >= 4 is 21.8 Å². The minimum Gasteiger partial charge on any atom is -0.336 e. The highest BCUT2D eigenvalue weighted by molar-refractivity contribution is 9.10. The minimum absolute atomic E-state index is 0.157. The summed E-state index contributed by atoms with van der Waals surface area (Å²) in [7, 11) is 0. The van der Waals surface area contributed by atoms with E-state index < -0.39 is 0 Å². The van der Waals surface area contributed by atoms with E-state index in [-0.39, 0.29) is 5.91 Å². The number of amides is 1. The van der Waals surface area contributed by atoms with Crippen molar-refractivity contribution < 1.29 is 4.79 Å². The summed E-state index contributed by atoms with van der Waals surface area (Å²) in [6.07, 6.45) is 0. The number of carbonyl (C=O) groups is 1. The summed E-state index contributed by atoms with van der Waals surface area (Å²) in [5, 5.41) is 0. The van der Waals surface area contributed by atoms with Gasteiger partial charge in [-0.2, -0.15) is 0 Å². The summed E-state index contributed by atoms with van der Waals surface area (Å²) in [6.45, 7) is 8.84. The van der Waals surface area contributed by atoms with Crippen LogP contribution in [0.1, 0.15) is 22.8 Å². The second-order valence-electron chi connectivity index (χ2n) is 4.69. The zero-order valence-corrected chi connectivity index (χ0v) is 12.5. The molecule has 2 rings (SSSR count). The molecule has 0 unspecified atom stereocenters. The lowest BCUT2D eigenvalue weighted by Gasteiger charge is -2.34. The molecule has 1 aromatic carbocycles. The topological polar surface area (TPSA) is 23.6 Å². The molecule has 0 saturated carbocycles. The molecular weight excluding hydrogens is 292 g/mol. The Morgan fingerprint density at radius 2 is 1.94 bits per heavy atom. The average molecular weight is 311 g/mol. The number of hydrogen-bond donors (Lipinski definition) is 0. The van der Waals surface area contributed by atoms with E-state index in [2.05, 4.69) is 27.8 Å². The maximum Gasteiger partial charge on any atom is 0.254 e. The highest BCUT2D eigenvalue weighted by Crippen LogP contribution is 2.18. The average Bonchev–Trinajstić information content (AvgIpc) is 2.41. The molecule has 0 radical (unpaired) electrons. The smallest absolute Gasteiger partial charge is 0.254 e. The molecule has 18 heavy (non-hydrogen) atoms. The number of aryl methyl sites for hydroxylation is 1. The molecule has 3 nitrogen and oxygen atoms in total. The summed E-state index contributed by atoms with van der Waals surface area (Å²) < 4.78 is 0.962. The number of rotatable bonds is 2. The van der Waals surface area contributed by atoms with Gasteiger partial charge in [0.1, 0.15) is 0 Å². The van der Waals surface area contributed by atoms with Crippen molar-refractivity contribution in [2.45, 2.75) is 13.8 Å². The number of benzene rings is 1. The standard InChI is InChI=1S/C14H19BrN2O/c1-3-16-6-8-17(9-7-16)14(18)13-10-12(15)5-4-11(13)2/h4-5,10H,3,6-9H2,1-2H3. The molecule has 1 aliphatic rings. The number of hydrogen-bond acceptors (Lipinski definition) is 2. The maximum atomic E-state index is 12.5. The number of nitrogens with zero attached hydrogens (tertiary/aromatic N) is 2. The van der Waals surface area contributed by atoms with Crippen LogP contribution in [0.25, 0.3) is 0 Å². The highest BCUT2D eigenvalue weighted by Gasteiger charge is 2.22. The molecule has 1 saturated heterocycles. The Balaban J connectivity index is 2.10. The minimum atomic E-state index is 0.157. The molecule has 0 aliphatic carbocycles. The highest BCUT2D eigenvalue weighted by atomic mass is 79.9. The Labute approximate surface area is 117 Å². The summed E-state index contributed by atoms with van der Waals surface area (Å²) >= 11 is 3.43. The molecule has 1 heterocycles. The van der Waals surface area contributed by atoms with Gasteiger partial charge in [-0.15, -0.1) is 0 Å². The van der Waals surface area contributed by atoms with E-state index in [0.717, 1.165) is 48.3 Å². The van der Waals surface area contributed by atoms with Crippen LogP contribution in [0.2, 0.25) is 0 Å². The van der Waals surface area contributed by atoms with Crippen molar-refractivity contribution in [1.29, 1.82) is 0 Å². The zero-order chi connectivity index (χ0) is 13.1. The zero-order valence-electron chi connectivity index (χ0n) is 10.9. The van der Waals surface area contributed by atoms with Crippen LogP contribution in [0.5, 0.6) is 0 Å². The van der Waals surface area contributed by atoms with Gasteiger partial charge in [-0.1, -0.05) is 28.9 Å². The van der Waals surface area contributed by atoms with Gasteiger partial charge in [0.05, 0.1) is 0 Å². The molecule has 1 fully saturated rings. The third-order valence-electron chi connectivity index (χ3n) is 3.54. The SMILES string of the molecule is CCN1CCN(C(=O)c2cc(Br)ccc2C)CC1. The molecule has 0 N–H and O–H groups in total. The van der Waals surface area contributed by atoms with Crippen molar-refractivity contribution in [2.75, 3.05) is 32.7 Å². The quantitative estimate of drug-likeness (QED) is 0.838. The molecule has 1 amide bonds. The Bertz CT molecular complexity index is 439. The van der Waals surface area contributed by atoms with Gasteiger partial charge in [-0.3, -0.25) is 4.79 Å². The molecule has 0 spiro atoms. The summed E-state index contributed by atoms with van der Waals surface area (Å²) in [5.41, 5.74) is 1.86. The fourth-order valence-electron chi connectivity index (χ4n) is 2.26. The Kier molecular flexibility index (Phi) is 4.40. The van der Waals surface area contributed by atoms with Crippen molar-refractivity contribution in [1.82, 2.24) is 9.80 Å². The lowest BCUT2D eigenvalue weighted by Crippen LogP contribution is -2.48. The number of likely N-dealkylation sites (N-methyl/N-ethyl adjacent to an activating group) is 1. The van der Waals surface area contributed by atoms with Gasteiger partial charge in [0.25, 0.3) is 5.91 Å². The van der Waals surface area contributed by atoms with E-state index in [4.69, 9.17) is 0 Å². The lowest BCUT2D eigenvalue weighted by atomic mass is 10.1. The lowest BCUT2D eigenvalue weighted by molar-refractivity contribution is 0.0642. The second kappa shape index (κ2) is 5.85. The first kappa shape index (κ1) is 13.6. The van der Waals surface area contributed by atoms with Crippen molar-refractivity contribution in [3.05, 3.63) is 33.8 Å². The van der Waals surface area contributed by atoms with Crippen LogP contribution in [0.15, 0.2) is 22.7 Å². The maximum absolute atomic E-state index is 12.5. The van der Waals surface area contributed by atoms with Gasteiger partial charge >= 0.3 is 0 Å². The van der Waals surface area contributed by atoms with Crippen LogP contribution >= 0.6 is 15.9 Å². The summed E-state index contributed by atoms with van der Waals surface area (Å²) in [4.78, 5) is 16.8. The first-order valence-electron chi connectivity index (χ1n) is 6.39. The molecular formula is C14H19BrN2O. The van der Waals surface area contributed by atoms with E-state index in [1.165, 1.54) is 0 Å². The van der Waals surface area contributed by atoms with Crippen molar-refractivity contribution in [3.63, 3.8) is 0 Å². The number of halogens is 1. The predicted molar refractivity (Wildman–Crippen MR) is 76.9 cm³/mol. The van der Waals surface area contributed by atoms with E-state index in [1.54, 1.807) is 0 Å². The first-order chi connectivity index (χ1) is 8.61. The van der Waals surface area contributed by atoms with Crippen LogP contribution in [-0.4, -0.2) is 48.4 Å². The van der Waals surface area contributed by atoms with Gasteiger partial charge in [0.15, 0.2) is 0 Å². The van der Waals surface area contributed by atoms with E-state index in [0.29, 0.717) is 0 Å². The second-order valence-corrected chi connectivity index (χ2v) is 5.60. The summed E-state index contributed by atoms with van der Waals surface area (Å²) in [6, 6.07) is 5.88. The van der Waals surface area contributed by atoms with E-state index >= 15 is 0 Å².